The molecule has 1 saturated carbocycles. The summed E-state index contributed by atoms with van der Waals surface area (Å²) in [4.78, 5) is 9.07. The molecule has 2 heterocycles. The van der Waals surface area contributed by atoms with E-state index < -0.39 is 0 Å². The summed E-state index contributed by atoms with van der Waals surface area (Å²) in [5, 5.41) is 5.14. The van der Waals surface area contributed by atoms with E-state index in [1.54, 1.807) is 0 Å². The summed E-state index contributed by atoms with van der Waals surface area (Å²) in [6, 6.07) is 2.07. The Morgan fingerprint density at radius 3 is 2.55 bits per heavy atom. The highest BCUT2D eigenvalue weighted by molar-refractivity contribution is 6.30. The second-order valence-corrected chi connectivity index (χ2v) is 6.85. The first-order valence-electron chi connectivity index (χ1n) is 6.97. The van der Waals surface area contributed by atoms with Crippen LogP contribution in [0.15, 0.2) is 12.3 Å². The molecule has 3 rings (SSSR count). The minimum atomic E-state index is -0.140. The van der Waals surface area contributed by atoms with E-state index in [1.807, 2.05) is 17.8 Å². The van der Waals surface area contributed by atoms with Crippen LogP contribution in [0.3, 0.4) is 0 Å². The number of halogens is 1. The molecule has 0 spiro atoms. The van der Waals surface area contributed by atoms with Gasteiger partial charge < -0.3 is 0 Å². The van der Waals surface area contributed by atoms with Crippen molar-refractivity contribution in [1.29, 1.82) is 0 Å². The molecule has 1 fully saturated rings. The van der Waals surface area contributed by atoms with Crippen LogP contribution < -0.4 is 0 Å². The molecule has 0 radical (unpaired) electrons. The molecule has 0 aliphatic heterocycles. The molecule has 2 aromatic rings. The van der Waals surface area contributed by atoms with Crippen molar-refractivity contribution in [3.05, 3.63) is 34.5 Å². The summed E-state index contributed by atoms with van der Waals surface area (Å²) >= 11 is 6.26. The molecule has 0 bridgehead atoms. The van der Waals surface area contributed by atoms with E-state index in [2.05, 4.69) is 41.9 Å². The van der Waals surface area contributed by atoms with E-state index in [0.29, 0.717) is 11.1 Å². The van der Waals surface area contributed by atoms with Crippen LogP contribution in [0, 0.1) is 6.92 Å². The maximum Gasteiger partial charge on any atom is 0.161 e. The number of hydrogen-bond acceptors (Lipinski definition) is 3. The zero-order valence-corrected chi connectivity index (χ0v) is 13.1. The molecular formula is C15H19ClN4. The average molecular weight is 291 g/mol. The minimum absolute atomic E-state index is 0.140. The fourth-order valence-electron chi connectivity index (χ4n) is 2.09. The zero-order valence-electron chi connectivity index (χ0n) is 12.3. The van der Waals surface area contributed by atoms with Crippen molar-refractivity contribution in [1.82, 2.24) is 19.7 Å². The highest BCUT2D eigenvalue weighted by atomic mass is 35.5. The lowest BCUT2D eigenvalue weighted by Crippen LogP contribution is -2.18. The highest BCUT2D eigenvalue weighted by Crippen LogP contribution is 2.39. The van der Waals surface area contributed by atoms with Crippen LogP contribution in [-0.2, 0) is 5.41 Å². The third-order valence-corrected chi connectivity index (χ3v) is 3.92. The van der Waals surface area contributed by atoms with Crippen molar-refractivity contribution in [3.8, 4) is 5.82 Å². The van der Waals surface area contributed by atoms with Gasteiger partial charge in [0.15, 0.2) is 5.82 Å². The van der Waals surface area contributed by atoms with Crippen LogP contribution in [0.25, 0.3) is 5.82 Å². The molecule has 1 aliphatic carbocycles. The fraction of sp³-hybridized carbons (Fsp3) is 0.533. The lowest BCUT2D eigenvalue weighted by atomic mass is 9.95. The van der Waals surface area contributed by atoms with E-state index in [-0.39, 0.29) is 5.41 Å². The summed E-state index contributed by atoms with van der Waals surface area (Å²) < 4.78 is 1.83. The van der Waals surface area contributed by atoms with Gasteiger partial charge >= 0.3 is 0 Å². The quantitative estimate of drug-likeness (QED) is 0.790. The molecule has 0 atom stereocenters. The Labute approximate surface area is 124 Å². The Balaban J connectivity index is 2.08. The summed E-state index contributed by atoms with van der Waals surface area (Å²) in [5.74, 6) is 2.16. The predicted octanol–water partition coefficient (Wildman–Crippen LogP) is 3.80. The van der Waals surface area contributed by atoms with Crippen molar-refractivity contribution in [2.24, 2.45) is 0 Å². The molecule has 0 unspecified atom stereocenters. The summed E-state index contributed by atoms with van der Waals surface area (Å²) in [6.07, 6.45) is 4.45. The Bertz CT molecular complexity index is 650. The number of nitrogens with zero attached hydrogens (tertiary/aromatic N) is 4. The first-order valence-corrected chi connectivity index (χ1v) is 7.34. The number of rotatable bonds is 2. The predicted molar refractivity (Wildman–Crippen MR) is 79.6 cm³/mol. The SMILES string of the molecule is Cc1c(Cl)nc(C(C)(C)C)nc1-n1ccc(C2CC2)n1. The molecule has 0 aromatic carbocycles. The van der Waals surface area contributed by atoms with Gasteiger partial charge in [0.25, 0.3) is 0 Å². The second-order valence-electron chi connectivity index (χ2n) is 6.50. The zero-order chi connectivity index (χ0) is 14.5. The van der Waals surface area contributed by atoms with Crippen LogP contribution >= 0.6 is 11.6 Å². The normalized spacial score (nSPS) is 15.7. The van der Waals surface area contributed by atoms with Gasteiger partial charge in [0.05, 0.1) is 5.69 Å². The van der Waals surface area contributed by atoms with Crippen LogP contribution in [0.2, 0.25) is 5.15 Å². The van der Waals surface area contributed by atoms with Gasteiger partial charge in [-0.2, -0.15) is 5.10 Å². The van der Waals surface area contributed by atoms with Gasteiger partial charge in [-0.25, -0.2) is 14.6 Å². The van der Waals surface area contributed by atoms with Crippen LogP contribution in [0.5, 0.6) is 0 Å². The number of aromatic nitrogens is 4. The van der Waals surface area contributed by atoms with Crippen molar-refractivity contribution in [2.45, 2.75) is 51.9 Å². The molecule has 0 amide bonds. The smallest absolute Gasteiger partial charge is 0.161 e. The van der Waals surface area contributed by atoms with E-state index in [0.717, 1.165) is 22.9 Å². The third-order valence-electron chi connectivity index (χ3n) is 3.55. The first-order chi connectivity index (χ1) is 9.36. The minimum Gasteiger partial charge on any atom is -0.222 e. The van der Waals surface area contributed by atoms with Crippen molar-refractivity contribution in [2.75, 3.05) is 0 Å². The van der Waals surface area contributed by atoms with Gasteiger partial charge in [-0.3, -0.25) is 0 Å². The van der Waals surface area contributed by atoms with Crippen molar-refractivity contribution >= 4 is 11.6 Å². The van der Waals surface area contributed by atoms with Gasteiger partial charge in [-0.1, -0.05) is 32.4 Å². The molecule has 106 valence electrons. The standard InChI is InChI=1S/C15H19ClN4/c1-9-12(16)17-14(15(2,3)4)18-13(9)20-8-7-11(19-20)10-5-6-10/h7-8,10H,5-6H2,1-4H3. The van der Waals surface area contributed by atoms with E-state index in [9.17, 15) is 0 Å². The van der Waals surface area contributed by atoms with Crippen molar-refractivity contribution in [3.63, 3.8) is 0 Å². The Morgan fingerprint density at radius 2 is 1.95 bits per heavy atom. The fourth-order valence-corrected chi connectivity index (χ4v) is 2.25. The number of hydrogen-bond donors (Lipinski definition) is 0. The molecular weight excluding hydrogens is 272 g/mol. The molecule has 4 nitrogen and oxygen atoms in total. The Morgan fingerprint density at radius 1 is 1.25 bits per heavy atom. The van der Waals surface area contributed by atoms with Gasteiger partial charge in [0, 0.05) is 23.1 Å². The van der Waals surface area contributed by atoms with Crippen LogP contribution in [0.4, 0.5) is 0 Å². The van der Waals surface area contributed by atoms with E-state index in [4.69, 9.17) is 11.6 Å². The maximum absolute atomic E-state index is 6.26. The van der Waals surface area contributed by atoms with Gasteiger partial charge in [0.1, 0.15) is 11.0 Å². The Kier molecular flexibility index (Phi) is 3.09. The molecule has 2 aromatic heterocycles. The van der Waals surface area contributed by atoms with Gasteiger partial charge in [-0.05, 0) is 25.8 Å². The van der Waals surface area contributed by atoms with Crippen molar-refractivity contribution < 1.29 is 0 Å². The maximum atomic E-state index is 6.26. The van der Waals surface area contributed by atoms with Gasteiger partial charge in [-0.15, -0.1) is 0 Å². The van der Waals surface area contributed by atoms with Crippen LogP contribution in [-0.4, -0.2) is 19.7 Å². The molecule has 0 saturated heterocycles. The molecule has 0 N–H and O–H groups in total. The molecule has 20 heavy (non-hydrogen) atoms. The second kappa shape index (κ2) is 4.55. The Hall–Kier alpha value is -1.42. The first kappa shape index (κ1) is 13.6. The summed E-state index contributed by atoms with van der Waals surface area (Å²) in [5.41, 5.74) is 1.88. The summed E-state index contributed by atoms with van der Waals surface area (Å²) in [7, 11) is 0. The monoisotopic (exact) mass is 290 g/mol. The average Bonchev–Trinajstić information content (AvgIpc) is 3.10. The molecule has 5 heteroatoms. The highest BCUT2D eigenvalue weighted by Gasteiger charge is 2.27. The van der Waals surface area contributed by atoms with Gasteiger partial charge in [0.2, 0.25) is 0 Å². The molecule has 1 aliphatic rings. The lowest BCUT2D eigenvalue weighted by molar-refractivity contribution is 0.541. The van der Waals surface area contributed by atoms with E-state index in [1.165, 1.54) is 12.8 Å². The lowest BCUT2D eigenvalue weighted by Gasteiger charge is -2.18. The van der Waals surface area contributed by atoms with Crippen LogP contribution in [0.1, 0.15) is 56.6 Å². The third kappa shape index (κ3) is 2.44. The summed E-state index contributed by atoms with van der Waals surface area (Å²) in [6.45, 7) is 8.17. The van der Waals surface area contributed by atoms with E-state index >= 15 is 0 Å². The topological polar surface area (TPSA) is 43.6 Å². The largest absolute Gasteiger partial charge is 0.222 e.